The zero-order valence-electron chi connectivity index (χ0n) is 11.5. The molecule has 0 aromatic rings. The van der Waals surface area contributed by atoms with Crippen molar-refractivity contribution >= 4 is 31.9 Å². The van der Waals surface area contributed by atoms with E-state index in [4.69, 9.17) is 0 Å². The Morgan fingerprint density at radius 3 is 2.47 bits per heavy atom. The van der Waals surface area contributed by atoms with E-state index in [0.717, 1.165) is 12.0 Å². The number of aliphatic hydroxyl groups is 2. The lowest BCUT2D eigenvalue weighted by atomic mass is 9.51. The van der Waals surface area contributed by atoms with Crippen molar-refractivity contribution in [3.8, 4) is 0 Å². The Labute approximate surface area is 132 Å². The maximum Gasteiger partial charge on any atom is 0.0924 e. The quantitative estimate of drug-likeness (QED) is 0.528. The number of alkyl halides is 2. The van der Waals surface area contributed by atoms with Gasteiger partial charge in [-0.15, -0.1) is 0 Å². The summed E-state index contributed by atoms with van der Waals surface area (Å²) < 4.78 is 0. The second kappa shape index (κ2) is 4.97. The summed E-state index contributed by atoms with van der Waals surface area (Å²) in [7, 11) is 0. The molecule has 1 unspecified atom stereocenters. The molecule has 0 amide bonds. The topological polar surface area (TPSA) is 40.5 Å². The van der Waals surface area contributed by atoms with Crippen molar-refractivity contribution in [2.45, 2.75) is 49.6 Å². The third-order valence-electron chi connectivity index (χ3n) is 5.13. The van der Waals surface area contributed by atoms with E-state index in [-0.39, 0.29) is 15.7 Å². The molecule has 0 aromatic carbocycles. The number of hydrogen-bond acceptors (Lipinski definition) is 2. The van der Waals surface area contributed by atoms with Gasteiger partial charge in [-0.3, -0.25) is 0 Å². The average molecular weight is 394 g/mol. The molecule has 0 aliphatic heterocycles. The lowest BCUT2D eigenvalue weighted by Crippen LogP contribution is -2.55. The van der Waals surface area contributed by atoms with Crippen LogP contribution in [0.25, 0.3) is 0 Å². The highest BCUT2D eigenvalue weighted by Gasteiger charge is 2.56. The second-order valence-electron chi connectivity index (χ2n) is 6.54. The van der Waals surface area contributed by atoms with Crippen LogP contribution in [0.1, 0.15) is 33.1 Å². The molecule has 2 nitrogen and oxygen atoms in total. The minimum absolute atomic E-state index is 0.0327. The van der Waals surface area contributed by atoms with Crippen LogP contribution >= 0.6 is 31.9 Å². The standard InChI is InChI=1S/C15H22Br2O2/c1-10-8-11(18)12(17)13(2,3)15(10)6-4-14(19,9-16)5-7-15/h4,6,11-12,18-19H,1,5,7-9H2,2-3H3/t11-,12-,14?,15-/m1/s1. The van der Waals surface area contributed by atoms with Crippen LogP contribution in [0.4, 0.5) is 0 Å². The highest BCUT2D eigenvalue weighted by Crippen LogP contribution is 2.60. The van der Waals surface area contributed by atoms with Crippen LogP contribution in [-0.2, 0) is 0 Å². The fourth-order valence-electron chi connectivity index (χ4n) is 3.54. The predicted octanol–water partition coefficient (Wildman–Crippen LogP) is 3.56. The van der Waals surface area contributed by atoms with Gasteiger partial charge in [0, 0.05) is 15.6 Å². The van der Waals surface area contributed by atoms with Crippen LogP contribution in [0.15, 0.2) is 24.3 Å². The lowest BCUT2D eigenvalue weighted by Gasteiger charge is -2.56. The Balaban J connectivity index is 2.43. The van der Waals surface area contributed by atoms with Crippen molar-refractivity contribution in [1.29, 1.82) is 0 Å². The van der Waals surface area contributed by atoms with Crippen LogP contribution in [0, 0.1) is 10.8 Å². The largest absolute Gasteiger partial charge is 0.392 e. The maximum absolute atomic E-state index is 10.3. The summed E-state index contributed by atoms with van der Waals surface area (Å²) in [6.45, 7) is 8.56. The monoisotopic (exact) mass is 392 g/mol. The normalized spacial score (nSPS) is 45.7. The summed E-state index contributed by atoms with van der Waals surface area (Å²) in [5.74, 6) is 0. The van der Waals surface area contributed by atoms with Gasteiger partial charge < -0.3 is 10.2 Å². The van der Waals surface area contributed by atoms with Crippen molar-refractivity contribution in [2.24, 2.45) is 10.8 Å². The van der Waals surface area contributed by atoms with Gasteiger partial charge >= 0.3 is 0 Å². The second-order valence-corrected chi connectivity index (χ2v) is 8.09. The summed E-state index contributed by atoms with van der Waals surface area (Å²) in [6, 6.07) is 0. The first kappa shape index (κ1) is 15.7. The van der Waals surface area contributed by atoms with E-state index in [1.165, 1.54) is 0 Å². The van der Waals surface area contributed by atoms with Crippen molar-refractivity contribution in [2.75, 3.05) is 5.33 Å². The molecule has 0 bridgehead atoms. The van der Waals surface area contributed by atoms with E-state index >= 15 is 0 Å². The minimum atomic E-state index is -0.751. The van der Waals surface area contributed by atoms with Crippen molar-refractivity contribution in [1.82, 2.24) is 0 Å². The van der Waals surface area contributed by atoms with Crippen LogP contribution in [0.3, 0.4) is 0 Å². The van der Waals surface area contributed by atoms with E-state index in [1.54, 1.807) is 0 Å². The molecule has 1 fully saturated rings. The SMILES string of the molecule is C=C1C[C@@H](O)[C@@H](Br)C(C)(C)[C@@]12C=CC(O)(CBr)CC2. The van der Waals surface area contributed by atoms with Crippen molar-refractivity contribution in [3.63, 3.8) is 0 Å². The summed E-state index contributed by atoms with van der Waals surface area (Å²) in [6.07, 6.45) is 5.85. The third kappa shape index (κ3) is 2.29. The number of aliphatic hydroxyl groups excluding tert-OH is 1. The smallest absolute Gasteiger partial charge is 0.0924 e. The molecule has 2 rings (SSSR count). The van der Waals surface area contributed by atoms with Crippen LogP contribution in [0.2, 0.25) is 0 Å². The Morgan fingerprint density at radius 2 is 2.00 bits per heavy atom. The molecule has 1 spiro atoms. The molecular formula is C15H22Br2O2. The highest BCUT2D eigenvalue weighted by molar-refractivity contribution is 9.09. The fraction of sp³-hybridized carbons (Fsp3) is 0.733. The molecule has 4 atom stereocenters. The summed E-state index contributed by atoms with van der Waals surface area (Å²) >= 11 is 7.03. The van der Waals surface area contributed by atoms with Crippen molar-refractivity contribution in [3.05, 3.63) is 24.3 Å². The molecule has 0 saturated heterocycles. The first-order valence-electron chi connectivity index (χ1n) is 6.68. The Hall–Kier alpha value is 0.360. The summed E-state index contributed by atoms with van der Waals surface area (Å²) in [4.78, 5) is 0.0327. The fourth-order valence-corrected chi connectivity index (χ4v) is 4.60. The maximum atomic E-state index is 10.3. The van der Waals surface area contributed by atoms with Gasteiger partial charge in [-0.2, -0.15) is 0 Å². The molecule has 4 heteroatoms. The molecule has 2 aliphatic carbocycles. The summed E-state index contributed by atoms with van der Waals surface area (Å²) in [5, 5.41) is 21.1. The third-order valence-corrected chi connectivity index (χ3v) is 7.85. The van der Waals surface area contributed by atoms with Gasteiger partial charge in [0.2, 0.25) is 0 Å². The van der Waals surface area contributed by atoms with E-state index in [1.807, 2.05) is 6.08 Å². The minimum Gasteiger partial charge on any atom is -0.392 e. The van der Waals surface area contributed by atoms with E-state index in [9.17, 15) is 10.2 Å². The molecule has 108 valence electrons. The average Bonchev–Trinajstić information content (AvgIpc) is 2.37. The first-order chi connectivity index (χ1) is 8.68. The number of rotatable bonds is 1. The van der Waals surface area contributed by atoms with E-state index < -0.39 is 11.7 Å². The van der Waals surface area contributed by atoms with Gasteiger partial charge in [0.15, 0.2) is 0 Å². The molecule has 0 radical (unpaired) electrons. The molecule has 1 saturated carbocycles. The Morgan fingerprint density at radius 1 is 1.37 bits per heavy atom. The van der Waals surface area contributed by atoms with Crippen LogP contribution in [-0.4, -0.2) is 32.1 Å². The van der Waals surface area contributed by atoms with E-state index in [0.29, 0.717) is 18.2 Å². The highest BCUT2D eigenvalue weighted by atomic mass is 79.9. The molecule has 19 heavy (non-hydrogen) atoms. The molecule has 0 heterocycles. The van der Waals surface area contributed by atoms with E-state index in [2.05, 4.69) is 58.4 Å². The first-order valence-corrected chi connectivity index (χ1v) is 8.71. The van der Waals surface area contributed by atoms with Crippen molar-refractivity contribution < 1.29 is 10.2 Å². The molecule has 2 aliphatic rings. The molecule has 2 N–H and O–H groups in total. The van der Waals surface area contributed by atoms with Gasteiger partial charge in [-0.1, -0.05) is 70.0 Å². The zero-order valence-corrected chi connectivity index (χ0v) is 14.7. The lowest BCUT2D eigenvalue weighted by molar-refractivity contribution is 0.00381. The number of hydrogen-bond donors (Lipinski definition) is 2. The Kier molecular flexibility index (Phi) is 4.12. The van der Waals surface area contributed by atoms with Gasteiger partial charge in [-0.25, -0.2) is 0 Å². The van der Waals surface area contributed by atoms with Gasteiger partial charge in [0.05, 0.1) is 11.7 Å². The molecule has 0 aromatic heterocycles. The van der Waals surface area contributed by atoms with Crippen LogP contribution < -0.4 is 0 Å². The summed E-state index contributed by atoms with van der Waals surface area (Å²) in [5.41, 5.74) is 0.0498. The predicted molar refractivity (Wildman–Crippen MR) is 85.8 cm³/mol. The van der Waals surface area contributed by atoms with Gasteiger partial charge in [0.1, 0.15) is 0 Å². The Bertz CT molecular complexity index is 418. The number of allylic oxidation sites excluding steroid dienone is 1. The molecular weight excluding hydrogens is 372 g/mol. The zero-order chi connectivity index (χ0) is 14.5. The van der Waals surface area contributed by atoms with Gasteiger partial charge in [0.25, 0.3) is 0 Å². The van der Waals surface area contributed by atoms with Crippen LogP contribution in [0.5, 0.6) is 0 Å². The van der Waals surface area contributed by atoms with Gasteiger partial charge in [-0.05, 0) is 24.7 Å². The number of halogens is 2.